The van der Waals surface area contributed by atoms with Crippen molar-refractivity contribution < 1.29 is 17.9 Å². The fourth-order valence-corrected chi connectivity index (χ4v) is 4.04. The predicted molar refractivity (Wildman–Crippen MR) is 112 cm³/mol. The number of hydrogen-bond donors (Lipinski definition) is 1. The molecule has 7 nitrogen and oxygen atoms in total. The van der Waals surface area contributed by atoms with Crippen molar-refractivity contribution in [2.45, 2.75) is 13.0 Å². The van der Waals surface area contributed by atoms with E-state index in [1.807, 2.05) is 0 Å². The van der Waals surface area contributed by atoms with E-state index >= 15 is 0 Å². The summed E-state index contributed by atoms with van der Waals surface area (Å²) >= 11 is 11.9. The lowest BCUT2D eigenvalue weighted by Crippen LogP contribution is -2.46. The molecule has 0 saturated heterocycles. The van der Waals surface area contributed by atoms with E-state index in [-0.39, 0.29) is 0 Å². The minimum atomic E-state index is -3.73. The summed E-state index contributed by atoms with van der Waals surface area (Å²) in [6, 6.07) is 10.1. The van der Waals surface area contributed by atoms with Crippen LogP contribution in [0, 0.1) is 0 Å². The van der Waals surface area contributed by atoms with Crippen molar-refractivity contribution >= 4 is 51.0 Å². The number of hydrazone groups is 1. The van der Waals surface area contributed by atoms with E-state index in [4.69, 9.17) is 27.9 Å². The summed E-state index contributed by atoms with van der Waals surface area (Å²) in [4.78, 5) is 12.4. The minimum absolute atomic E-state index is 0.329. The molecule has 1 atom stereocenters. The lowest BCUT2D eigenvalue weighted by molar-refractivity contribution is -0.121. The van der Waals surface area contributed by atoms with Gasteiger partial charge in [0.05, 0.1) is 30.3 Å². The van der Waals surface area contributed by atoms with Gasteiger partial charge in [-0.25, -0.2) is 13.8 Å². The first-order valence-corrected chi connectivity index (χ1v) is 10.7. The third kappa shape index (κ3) is 5.60. The van der Waals surface area contributed by atoms with E-state index in [2.05, 4.69) is 10.5 Å². The number of nitrogens with one attached hydrogen (secondary N) is 1. The van der Waals surface area contributed by atoms with E-state index in [9.17, 15) is 13.2 Å². The van der Waals surface area contributed by atoms with Crippen molar-refractivity contribution in [1.82, 2.24) is 5.43 Å². The van der Waals surface area contributed by atoms with Gasteiger partial charge in [-0.05, 0) is 43.3 Å². The van der Waals surface area contributed by atoms with E-state index in [1.54, 1.807) is 42.5 Å². The molecule has 1 amide bonds. The molecule has 0 fully saturated rings. The van der Waals surface area contributed by atoms with Crippen molar-refractivity contribution in [3.8, 4) is 5.75 Å². The van der Waals surface area contributed by atoms with E-state index in [1.165, 1.54) is 20.2 Å². The van der Waals surface area contributed by atoms with Crippen LogP contribution in [0.15, 0.2) is 47.6 Å². The molecule has 0 aromatic heterocycles. The Morgan fingerprint density at radius 2 is 1.86 bits per heavy atom. The molecule has 0 heterocycles. The maximum atomic E-state index is 12.4. The van der Waals surface area contributed by atoms with Crippen LogP contribution >= 0.6 is 23.2 Å². The zero-order valence-electron chi connectivity index (χ0n) is 15.4. The van der Waals surface area contributed by atoms with Gasteiger partial charge in [0.15, 0.2) is 0 Å². The van der Waals surface area contributed by atoms with E-state index in [0.29, 0.717) is 27.0 Å². The number of methoxy groups -OCH3 is 1. The highest BCUT2D eigenvalue weighted by molar-refractivity contribution is 7.92. The minimum Gasteiger partial charge on any atom is -0.497 e. The Labute approximate surface area is 173 Å². The van der Waals surface area contributed by atoms with Gasteiger partial charge in [-0.2, -0.15) is 5.10 Å². The lowest BCUT2D eigenvalue weighted by atomic mass is 10.2. The Balaban J connectivity index is 2.18. The first-order chi connectivity index (χ1) is 13.1. The van der Waals surface area contributed by atoms with Gasteiger partial charge in [0.1, 0.15) is 11.8 Å². The number of benzene rings is 2. The molecular formula is C18H19Cl2N3O4S. The van der Waals surface area contributed by atoms with Gasteiger partial charge in [0.25, 0.3) is 5.91 Å². The van der Waals surface area contributed by atoms with Gasteiger partial charge >= 0.3 is 0 Å². The van der Waals surface area contributed by atoms with Crippen LogP contribution in [0.5, 0.6) is 5.75 Å². The van der Waals surface area contributed by atoms with Gasteiger partial charge in [0, 0.05) is 10.6 Å². The molecule has 1 N–H and O–H groups in total. The molecule has 2 aromatic rings. The average Bonchev–Trinajstić information content (AvgIpc) is 2.63. The fourth-order valence-electron chi connectivity index (χ4n) is 2.40. The standard InChI is InChI=1S/C18H19Cl2N3O4S/c1-12(18(24)22-21-11-13-4-5-14(19)10-17(13)20)23(28(3,25)26)15-6-8-16(27-2)9-7-15/h4-12H,1-3H3,(H,22,24)/b21-11-/t12-/m1/s1. The van der Waals surface area contributed by atoms with Gasteiger partial charge < -0.3 is 4.74 Å². The highest BCUT2D eigenvalue weighted by Gasteiger charge is 2.29. The second-order valence-electron chi connectivity index (χ2n) is 5.83. The molecule has 0 unspecified atom stereocenters. The van der Waals surface area contributed by atoms with Crippen LogP contribution in [0.1, 0.15) is 12.5 Å². The Hall–Kier alpha value is -2.29. The maximum Gasteiger partial charge on any atom is 0.263 e. The number of carbonyl (C=O) groups is 1. The summed E-state index contributed by atoms with van der Waals surface area (Å²) in [6.45, 7) is 1.46. The van der Waals surface area contributed by atoms with Crippen LogP contribution in [0.4, 0.5) is 5.69 Å². The number of hydrogen-bond acceptors (Lipinski definition) is 5. The van der Waals surface area contributed by atoms with Crippen LogP contribution in [-0.2, 0) is 14.8 Å². The SMILES string of the molecule is COc1ccc(N([C@H](C)C(=O)N/N=C\c2ccc(Cl)cc2Cl)S(C)(=O)=O)cc1. The molecule has 0 aliphatic rings. The number of anilines is 1. The smallest absolute Gasteiger partial charge is 0.263 e. The molecule has 2 aromatic carbocycles. The molecular weight excluding hydrogens is 425 g/mol. The largest absolute Gasteiger partial charge is 0.497 e. The summed E-state index contributed by atoms with van der Waals surface area (Å²) in [5, 5.41) is 4.69. The van der Waals surface area contributed by atoms with Gasteiger partial charge in [-0.3, -0.25) is 9.10 Å². The molecule has 28 heavy (non-hydrogen) atoms. The summed E-state index contributed by atoms with van der Waals surface area (Å²) in [5.74, 6) is -0.0404. The summed E-state index contributed by atoms with van der Waals surface area (Å²) in [6.07, 6.45) is 2.37. The fraction of sp³-hybridized carbons (Fsp3) is 0.222. The topological polar surface area (TPSA) is 88.1 Å². The number of nitrogens with zero attached hydrogens (tertiary/aromatic N) is 2. The summed E-state index contributed by atoms with van der Waals surface area (Å²) in [5.41, 5.74) is 3.21. The number of carbonyl (C=O) groups excluding carboxylic acids is 1. The second-order valence-corrected chi connectivity index (χ2v) is 8.54. The average molecular weight is 444 g/mol. The Morgan fingerprint density at radius 3 is 2.39 bits per heavy atom. The number of halogens is 2. The zero-order chi connectivity index (χ0) is 20.9. The van der Waals surface area contributed by atoms with Crippen LogP contribution in [-0.4, -0.2) is 39.9 Å². The predicted octanol–water partition coefficient (Wildman–Crippen LogP) is 3.31. The lowest BCUT2D eigenvalue weighted by Gasteiger charge is -2.27. The second kappa shape index (κ2) is 9.27. The molecule has 150 valence electrons. The maximum absolute atomic E-state index is 12.4. The molecule has 0 aliphatic heterocycles. The number of amides is 1. The quantitative estimate of drug-likeness (QED) is 0.524. The first-order valence-electron chi connectivity index (χ1n) is 8.05. The van der Waals surface area contributed by atoms with Crippen molar-refractivity contribution in [2.75, 3.05) is 17.7 Å². The summed E-state index contributed by atoms with van der Waals surface area (Å²) < 4.78 is 30.6. The zero-order valence-corrected chi connectivity index (χ0v) is 17.7. The monoisotopic (exact) mass is 443 g/mol. The molecule has 0 aliphatic carbocycles. The van der Waals surface area contributed by atoms with E-state index in [0.717, 1.165) is 10.6 Å². The van der Waals surface area contributed by atoms with Crippen molar-refractivity contribution in [3.63, 3.8) is 0 Å². The molecule has 2 rings (SSSR count). The first kappa shape index (κ1) is 22.0. The van der Waals surface area contributed by atoms with Crippen LogP contribution < -0.4 is 14.5 Å². The number of rotatable bonds is 7. The van der Waals surface area contributed by atoms with Crippen molar-refractivity contribution in [3.05, 3.63) is 58.1 Å². The molecule has 0 bridgehead atoms. The van der Waals surface area contributed by atoms with E-state index < -0.39 is 22.0 Å². The number of ether oxygens (including phenoxy) is 1. The Bertz CT molecular complexity index is 979. The van der Waals surface area contributed by atoms with Crippen LogP contribution in [0.25, 0.3) is 0 Å². The number of sulfonamides is 1. The van der Waals surface area contributed by atoms with Gasteiger partial charge in [-0.1, -0.05) is 29.3 Å². The Kier molecular flexibility index (Phi) is 7.29. The molecule has 10 heteroatoms. The summed E-state index contributed by atoms with van der Waals surface area (Å²) in [7, 11) is -2.22. The third-order valence-corrected chi connectivity index (χ3v) is 5.56. The van der Waals surface area contributed by atoms with Crippen LogP contribution in [0.2, 0.25) is 10.0 Å². The highest BCUT2D eigenvalue weighted by atomic mass is 35.5. The molecule has 0 spiro atoms. The molecule has 0 radical (unpaired) electrons. The van der Waals surface area contributed by atoms with Gasteiger partial charge in [0.2, 0.25) is 10.0 Å². The highest BCUT2D eigenvalue weighted by Crippen LogP contribution is 2.24. The van der Waals surface area contributed by atoms with Crippen LogP contribution in [0.3, 0.4) is 0 Å². The Morgan fingerprint density at radius 1 is 1.21 bits per heavy atom. The van der Waals surface area contributed by atoms with Crippen molar-refractivity contribution in [1.29, 1.82) is 0 Å². The third-order valence-electron chi connectivity index (χ3n) is 3.76. The molecule has 0 saturated carbocycles. The normalized spacial score (nSPS) is 12.6. The van der Waals surface area contributed by atoms with Gasteiger partial charge in [-0.15, -0.1) is 0 Å². The van der Waals surface area contributed by atoms with Crippen molar-refractivity contribution in [2.24, 2.45) is 5.10 Å².